The quantitative estimate of drug-likeness (QED) is 0.258. The Morgan fingerprint density at radius 3 is 2.28 bits per heavy atom. The van der Waals surface area contributed by atoms with Gasteiger partial charge in [0.1, 0.15) is 0 Å². The number of H-pyrrole nitrogens is 1. The van der Waals surface area contributed by atoms with Crippen LogP contribution in [0.25, 0.3) is 22.5 Å². The number of ketones is 1. The molecule has 5 rings (SSSR count). The molecule has 8 nitrogen and oxygen atoms in total. The second-order valence-electron chi connectivity index (χ2n) is 7.93. The molecule has 4 aromatic carbocycles. The van der Waals surface area contributed by atoms with Crippen LogP contribution in [-0.4, -0.2) is 38.6 Å². The molecule has 0 aliphatic carbocycles. The fourth-order valence-electron chi connectivity index (χ4n) is 3.90. The number of anilines is 1. The summed E-state index contributed by atoms with van der Waals surface area (Å²) in [5.74, 6) is -0.170. The van der Waals surface area contributed by atoms with Crippen molar-refractivity contribution in [2.24, 2.45) is 0 Å². The number of amides is 1. The molecule has 0 unspecified atom stereocenters. The van der Waals surface area contributed by atoms with Crippen LogP contribution in [-0.2, 0) is 0 Å². The number of rotatable bonds is 7. The molecule has 0 atom stereocenters. The van der Waals surface area contributed by atoms with E-state index < -0.39 is 0 Å². The van der Waals surface area contributed by atoms with E-state index in [2.05, 4.69) is 25.9 Å². The van der Waals surface area contributed by atoms with E-state index in [1.165, 1.54) is 0 Å². The molecule has 0 bridgehead atoms. The molecule has 0 fully saturated rings. The van der Waals surface area contributed by atoms with Gasteiger partial charge in [0, 0.05) is 27.9 Å². The number of nitrogens with zero attached hydrogens (tertiary/aromatic N) is 3. The third-order valence-corrected chi connectivity index (χ3v) is 5.69. The number of aromatic nitrogens is 4. The van der Waals surface area contributed by atoms with Crippen molar-refractivity contribution in [1.29, 1.82) is 0 Å². The van der Waals surface area contributed by atoms with E-state index in [4.69, 9.17) is 0 Å². The number of carbonyl (C=O) groups is 3. The van der Waals surface area contributed by atoms with Crippen LogP contribution in [0.2, 0.25) is 0 Å². The van der Waals surface area contributed by atoms with Crippen LogP contribution < -0.4 is 5.32 Å². The number of nitrogens with one attached hydrogen (secondary N) is 2. The molecule has 174 valence electrons. The van der Waals surface area contributed by atoms with Crippen LogP contribution >= 0.6 is 0 Å². The van der Waals surface area contributed by atoms with Gasteiger partial charge in [0.05, 0.1) is 5.56 Å². The van der Waals surface area contributed by atoms with E-state index in [1.54, 1.807) is 60.7 Å². The normalized spacial score (nSPS) is 10.6. The third kappa shape index (κ3) is 4.55. The average Bonchev–Trinajstić information content (AvgIpc) is 3.48. The standard InChI is InChI=1S/C28H19N5O3/c34-17-21-6-1-2-9-23(21)28(36)29-22-14-12-18(13-15-22)19-7-5-8-20(16-19)26(35)24-10-3-4-11-25(24)27-30-32-33-31-27/h1-17H,(H,29,36)(H,30,31,32,33). The van der Waals surface area contributed by atoms with E-state index in [1.807, 2.05) is 36.4 Å². The maximum atomic E-state index is 13.3. The Morgan fingerprint density at radius 1 is 0.778 bits per heavy atom. The van der Waals surface area contributed by atoms with Gasteiger partial charge in [0.2, 0.25) is 5.82 Å². The summed E-state index contributed by atoms with van der Waals surface area (Å²) in [6.45, 7) is 0. The van der Waals surface area contributed by atoms with Crippen LogP contribution in [0.3, 0.4) is 0 Å². The highest BCUT2D eigenvalue weighted by molar-refractivity contribution is 6.13. The van der Waals surface area contributed by atoms with Crippen molar-refractivity contribution in [2.45, 2.75) is 0 Å². The lowest BCUT2D eigenvalue weighted by Gasteiger charge is -2.10. The Balaban J connectivity index is 1.37. The first-order valence-corrected chi connectivity index (χ1v) is 11.1. The zero-order valence-electron chi connectivity index (χ0n) is 18.9. The maximum absolute atomic E-state index is 13.3. The molecule has 1 heterocycles. The van der Waals surface area contributed by atoms with E-state index in [0.717, 1.165) is 11.1 Å². The zero-order valence-corrected chi connectivity index (χ0v) is 18.9. The second-order valence-corrected chi connectivity index (χ2v) is 7.93. The van der Waals surface area contributed by atoms with Gasteiger partial charge < -0.3 is 5.32 Å². The highest BCUT2D eigenvalue weighted by Crippen LogP contribution is 2.26. The smallest absolute Gasteiger partial charge is 0.256 e. The molecule has 5 aromatic rings. The molecule has 0 aliphatic rings. The van der Waals surface area contributed by atoms with Crippen molar-refractivity contribution in [3.05, 3.63) is 119 Å². The molecule has 2 N–H and O–H groups in total. The van der Waals surface area contributed by atoms with Crippen molar-refractivity contribution in [2.75, 3.05) is 5.32 Å². The van der Waals surface area contributed by atoms with E-state index >= 15 is 0 Å². The van der Waals surface area contributed by atoms with Gasteiger partial charge in [0.15, 0.2) is 12.1 Å². The summed E-state index contributed by atoms with van der Waals surface area (Å²) >= 11 is 0. The molecule has 1 amide bonds. The van der Waals surface area contributed by atoms with Crippen molar-refractivity contribution in [1.82, 2.24) is 20.6 Å². The van der Waals surface area contributed by atoms with Crippen LogP contribution in [0.5, 0.6) is 0 Å². The van der Waals surface area contributed by atoms with Crippen LogP contribution in [0.15, 0.2) is 97.1 Å². The van der Waals surface area contributed by atoms with Crippen molar-refractivity contribution >= 4 is 23.7 Å². The lowest BCUT2D eigenvalue weighted by molar-refractivity contribution is 0.101. The molecule has 1 aromatic heterocycles. The topological polar surface area (TPSA) is 118 Å². The number of aromatic amines is 1. The monoisotopic (exact) mass is 473 g/mol. The van der Waals surface area contributed by atoms with E-state index in [9.17, 15) is 14.4 Å². The van der Waals surface area contributed by atoms with E-state index in [-0.39, 0.29) is 11.7 Å². The highest BCUT2D eigenvalue weighted by atomic mass is 16.2. The number of hydrogen-bond donors (Lipinski definition) is 2. The fourth-order valence-corrected chi connectivity index (χ4v) is 3.90. The Kier molecular flexibility index (Phi) is 6.23. The number of aldehydes is 1. The van der Waals surface area contributed by atoms with E-state index in [0.29, 0.717) is 45.6 Å². The Labute approximate surface area is 206 Å². The van der Waals surface area contributed by atoms with Crippen molar-refractivity contribution in [3.8, 4) is 22.5 Å². The molecule has 36 heavy (non-hydrogen) atoms. The first-order chi connectivity index (χ1) is 17.6. The summed E-state index contributed by atoms with van der Waals surface area (Å²) < 4.78 is 0. The average molecular weight is 473 g/mol. The first kappa shape index (κ1) is 22.5. The van der Waals surface area contributed by atoms with Gasteiger partial charge in [-0.1, -0.05) is 72.8 Å². The highest BCUT2D eigenvalue weighted by Gasteiger charge is 2.17. The van der Waals surface area contributed by atoms with Crippen LogP contribution in [0, 0.1) is 0 Å². The summed E-state index contributed by atoms with van der Waals surface area (Å²) in [6, 6.07) is 28.3. The largest absolute Gasteiger partial charge is 0.322 e. The zero-order chi connectivity index (χ0) is 24.9. The van der Waals surface area contributed by atoms with Gasteiger partial charge in [-0.05, 0) is 40.6 Å². The summed E-state index contributed by atoms with van der Waals surface area (Å²) in [6.07, 6.45) is 0.660. The SMILES string of the molecule is O=Cc1ccccc1C(=O)Nc1ccc(-c2cccc(C(=O)c3ccccc3-c3nn[nH]n3)c2)cc1. The second kappa shape index (κ2) is 9.94. The minimum Gasteiger partial charge on any atom is -0.322 e. The fraction of sp³-hybridized carbons (Fsp3) is 0. The van der Waals surface area contributed by atoms with Gasteiger partial charge in [0.25, 0.3) is 5.91 Å². The lowest BCUT2D eigenvalue weighted by Crippen LogP contribution is -2.13. The minimum absolute atomic E-state index is 0.157. The number of carbonyl (C=O) groups excluding carboxylic acids is 3. The molecule has 0 saturated carbocycles. The molecular formula is C28H19N5O3. The molecule has 8 heteroatoms. The Bertz CT molecular complexity index is 1560. The van der Waals surface area contributed by atoms with Crippen LogP contribution in [0.1, 0.15) is 36.6 Å². The third-order valence-electron chi connectivity index (χ3n) is 5.69. The number of tetrazole rings is 1. The van der Waals surface area contributed by atoms with Gasteiger partial charge in [-0.15, -0.1) is 10.2 Å². The number of benzene rings is 4. The van der Waals surface area contributed by atoms with Gasteiger partial charge in [-0.25, -0.2) is 0 Å². The molecule has 0 saturated heterocycles. The number of hydrogen-bond acceptors (Lipinski definition) is 6. The van der Waals surface area contributed by atoms with Gasteiger partial charge >= 0.3 is 0 Å². The van der Waals surface area contributed by atoms with Gasteiger partial charge in [-0.2, -0.15) is 5.21 Å². The van der Waals surface area contributed by atoms with Crippen molar-refractivity contribution in [3.63, 3.8) is 0 Å². The Hall–Kier alpha value is -5.24. The summed E-state index contributed by atoms with van der Waals surface area (Å²) in [5, 5.41) is 16.8. The summed E-state index contributed by atoms with van der Waals surface area (Å²) in [7, 11) is 0. The first-order valence-electron chi connectivity index (χ1n) is 11.1. The summed E-state index contributed by atoms with van der Waals surface area (Å²) in [5.41, 5.74) is 4.54. The lowest BCUT2D eigenvalue weighted by atomic mass is 9.95. The predicted molar refractivity (Wildman–Crippen MR) is 135 cm³/mol. The molecular weight excluding hydrogens is 454 g/mol. The Morgan fingerprint density at radius 2 is 1.53 bits per heavy atom. The molecule has 0 radical (unpaired) electrons. The predicted octanol–water partition coefficient (Wildman–Crippen LogP) is 4.83. The van der Waals surface area contributed by atoms with Crippen molar-refractivity contribution < 1.29 is 14.4 Å². The molecule has 0 aliphatic heterocycles. The van der Waals surface area contributed by atoms with Gasteiger partial charge in [-0.3, -0.25) is 14.4 Å². The maximum Gasteiger partial charge on any atom is 0.256 e. The minimum atomic E-state index is -0.363. The summed E-state index contributed by atoms with van der Waals surface area (Å²) in [4.78, 5) is 37.2. The van der Waals surface area contributed by atoms with Crippen LogP contribution in [0.4, 0.5) is 5.69 Å². The molecule has 0 spiro atoms.